The number of nitrogens with one attached hydrogen (secondary N) is 1. The lowest BCUT2D eigenvalue weighted by molar-refractivity contribution is 0.717. The Morgan fingerprint density at radius 3 is 2.48 bits per heavy atom. The molecule has 0 aliphatic heterocycles. The fraction of sp³-hybridized carbons (Fsp3) is 0.381. The van der Waals surface area contributed by atoms with E-state index in [9.17, 15) is 0 Å². The fourth-order valence-electron chi connectivity index (χ4n) is 2.51. The average Bonchev–Trinajstić information content (AvgIpc) is 2.67. The second kappa shape index (κ2) is 12.5. The number of rotatable bonds is 7. The Kier molecular flexibility index (Phi) is 10.7. The number of hydrogen-bond donors (Lipinski definition) is 1. The summed E-state index contributed by atoms with van der Waals surface area (Å²) in [6.07, 6.45) is 12.3. The maximum absolute atomic E-state index is 6.15. The normalized spacial score (nSPS) is 13.1. The molecule has 0 saturated carbocycles. The Hall–Kier alpha value is -1.91. The first-order chi connectivity index (χ1) is 13.1. The van der Waals surface area contributed by atoms with Crippen molar-refractivity contribution in [3.05, 3.63) is 58.5 Å². The van der Waals surface area contributed by atoms with Crippen molar-refractivity contribution in [2.24, 2.45) is 0 Å². The summed E-state index contributed by atoms with van der Waals surface area (Å²) in [7, 11) is 0. The van der Waals surface area contributed by atoms with E-state index in [-0.39, 0.29) is 16.5 Å². The van der Waals surface area contributed by atoms with Gasteiger partial charge in [-0.15, -0.1) is 0 Å². The van der Waals surface area contributed by atoms with E-state index in [0.717, 1.165) is 18.7 Å². The Morgan fingerprint density at radius 1 is 1.11 bits per heavy atom. The molecule has 0 fully saturated rings. The van der Waals surface area contributed by atoms with E-state index in [0.29, 0.717) is 11.0 Å². The van der Waals surface area contributed by atoms with Crippen molar-refractivity contribution in [1.82, 2.24) is 15.0 Å². The third-order valence-corrected chi connectivity index (χ3v) is 4.13. The average molecular weight is 407 g/mol. The van der Waals surface area contributed by atoms with Crippen LogP contribution in [0.25, 0.3) is 11.0 Å². The molecule has 6 heteroatoms. The van der Waals surface area contributed by atoms with E-state index in [2.05, 4.69) is 39.3 Å². The highest BCUT2D eigenvalue weighted by atomic mass is 35.5. The number of pyridine rings is 1. The van der Waals surface area contributed by atoms with Crippen molar-refractivity contribution in [3.8, 4) is 0 Å². The highest BCUT2D eigenvalue weighted by molar-refractivity contribution is 6.35. The third kappa shape index (κ3) is 6.96. The van der Waals surface area contributed by atoms with Gasteiger partial charge in [0.2, 0.25) is 5.28 Å². The lowest BCUT2D eigenvalue weighted by atomic mass is 10.0. The lowest BCUT2D eigenvalue weighted by Crippen LogP contribution is -2.21. The van der Waals surface area contributed by atoms with E-state index >= 15 is 0 Å². The molecule has 146 valence electrons. The summed E-state index contributed by atoms with van der Waals surface area (Å²) < 4.78 is 0. The van der Waals surface area contributed by atoms with Crippen molar-refractivity contribution in [1.29, 1.82) is 0 Å². The summed E-state index contributed by atoms with van der Waals surface area (Å²) >= 11 is 12.0. The van der Waals surface area contributed by atoms with Gasteiger partial charge in [-0.05, 0) is 49.6 Å². The molecule has 1 N–H and O–H groups in total. The van der Waals surface area contributed by atoms with E-state index in [1.165, 1.54) is 5.57 Å². The fourth-order valence-corrected chi connectivity index (χ4v) is 2.95. The zero-order chi connectivity index (χ0) is 20.2. The summed E-state index contributed by atoms with van der Waals surface area (Å²) in [4.78, 5) is 12.7. The zero-order valence-electron chi connectivity index (χ0n) is 16.6. The predicted octanol–water partition coefficient (Wildman–Crippen LogP) is 7.02. The van der Waals surface area contributed by atoms with Gasteiger partial charge in [0, 0.05) is 0 Å². The molecule has 2 rings (SSSR count). The molecular formula is C21H28Cl2N4. The van der Waals surface area contributed by atoms with Gasteiger partial charge in [-0.25, -0.2) is 15.0 Å². The molecule has 0 radical (unpaired) electrons. The number of allylic oxidation sites excluding steroid dienone is 4. The molecule has 0 spiro atoms. The van der Waals surface area contributed by atoms with Crippen LogP contribution in [0.3, 0.4) is 0 Å². The molecule has 1 unspecified atom stereocenters. The van der Waals surface area contributed by atoms with Gasteiger partial charge in [0.05, 0.1) is 11.6 Å². The Morgan fingerprint density at radius 2 is 1.85 bits per heavy atom. The predicted molar refractivity (Wildman–Crippen MR) is 119 cm³/mol. The van der Waals surface area contributed by atoms with Gasteiger partial charge in [0.15, 0.2) is 5.15 Å². The number of nitrogens with zero attached hydrogens (tertiary/aromatic N) is 3. The van der Waals surface area contributed by atoms with Crippen LogP contribution in [0.15, 0.2) is 48.1 Å². The van der Waals surface area contributed by atoms with Crippen LogP contribution in [0.1, 0.15) is 47.5 Å². The first-order valence-electron chi connectivity index (χ1n) is 9.31. The minimum Gasteiger partial charge on any atom is -0.363 e. The van der Waals surface area contributed by atoms with Crippen LogP contribution in [0.5, 0.6) is 0 Å². The van der Waals surface area contributed by atoms with Crippen molar-refractivity contribution >= 4 is 40.1 Å². The number of anilines is 1. The third-order valence-electron chi connectivity index (χ3n) is 3.70. The molecular weight excluding hydrogens is 379 g/mol. The molecule has 0 amide bonds. The van der Waals surface area contributed by atoms with E-state index in [1.54, 1.807) is 0 Å². The monoisotopic (exact) mass is 406 g/mol. The van der Waals surface area contributed by atoms with Crippen molar-refractivity contribution < 1.29 is 0 Å². The molecule has 2 aromatic heterocycles. The zero-order valence-corrected chi connectivity index (χ0v) is 18.1. The summed E-state index contributed by atoms with van der Waals surface area (Å²) in [6.45, 7) is 10.2. The summed E-state index contributed by atoms with van der Waals surface area (Å²) in [5.41, 5.74) is 2.37. The Balaban J connectivity index is 0.00000176. The smallest absolute Gasteiger partial charge is 0.224 e. The summed E-state index contributed by atoms with van der Waals surface area (Å²) in [5, 5.41) is 3.86. The van der Waals surface area contributed by atoms with Crippen LogP contribution < -0.4 is 5.32 Å². The van der Waals surface area contributed by atoms with Gasteiger partial charge < -0.3 is 5.32 Å². The van der Waals surface area contributed by atoms with Crippen molar-refractivity contribution in [3.63, 3.8) is 0 Å². The van der Waals surface area contributed by atoms with E-state index < -0.39 is 0 Å². The number of fused-ring (bicyclic) bond motifs is 1. The Labute approximate surface area is 172 Å². The molecule has 2 aromatic rings. The second-order valence-corrected chi connectivity index (χ2v) is 6.20. The quantitative estimate of drug-likeness (QED) is 0.304. The van der Waals surface area contributed by atoms with Gasteiger partial charge in [0.1, 0.15) is 11.3 Å². The molecule has 4 nitrogen and oxygen atoms in total. The van der Waals surface area contributed by atoms with Gasteiger partial charge in [-0.2, -0.15) is 0 Å². The first kappa shape index (κ1) is 23.1. The number of halogens is 2. The maximum Gasteiger partial charge on any atom is 0.224 e. The summed E-state index contributed by atoms with van der Waals surface area (Å²) in [6, 6.07) is 3.89. The maximum atomic E-state index is 6.15. The van der Waals surface area contributed by atoms with Gasteiger partial charge in [-0.1, -0.05) is 69.2 Å². The second-order valence-electron chi connectivity index (χ2n) is 5.51. The molecule has 0 bridgehead atoms. The number of hydrogen-bond acceptors (Lipinski definition) is 4. The van der Waals surface area contributed by atoms with Crippen LogP contribution in [0.2, 0.25) is 10.4 Å². The largest absolute Gasteiger partial charge is 0.363 e. The minimum atomic E-state index is 0.120. The standard InChI is InChI=1S/C19H22Cl2N4.C2H6/c1-4-7-8-10-13(6-3)14(9-5-2)22-16-12-11-15-17(24-16)18(20)25-19(21)23-15;1-2/h4,6-8,10-12,14H,5,9H2,1-3H3,(H,22,24);1-2H3/b7-4-,10-8-,13-6+;. The van der Waals surface area contributed by atoms with Crippen molar-refractivity contribution in [2.75, 3.05) is 5.32 Å². The van der Waals surface area contributed by atoms with Gasteiger partial charge >= 0.3 is 0 Å². The Bertz CT molecular complexity index is 813. The lowest BCUT2D eigenvalue weighted by Gasteiger charge is -2.20. The van der Waals surface area contributed by atoms with Crippen LogP contribution in [-0.2, 0) is 0 Å². The molecule has 0 saturated heterocycles. The summed E-state index contributed by atoms with van der Waals surface area (Å²) in [5.74, 6) is 0.734. The molecule has 0 aliphatic carbocycles. The van der Waals surface area contributed by atoms with Crippen LogP contribution in [-0.4, -0.2) is 21.0 Å². The topological polar surface area (TPSA) is 50.7 Å². The van der Waals surface area contributed by atoms with Gasteiger partial charge in [0.25, 0.3) is 0 Å². The van der Waals surface area contributed by atoms with Crippen molar-refractivity contribution in [2.45, 2.75) is 53.5 Å². The highest BCUT2D eigenvalue weighted by Crippen LogP contribution is 2.23. The van der Waals surface area contributed by atoms with Crippen LogP contribution in [0, 0.1) is 0 Å². The van der Waals surface area contributed by atoms with E-state index in [4.69, 9.17) is 23.2 Å². The molecule has 2 heterocycles. The molecule has 0 aromatic carbocycles. The molecule has 0 aliphatic rings. The van der Waals surface area contributed by atoms with Crippen LogP contribution in [0.4, 0.5) is 5.82 Å². The molecule has 27 heavy (non-hydrogen) atoms. The first-order valence-corrected chi connectivity index (χ1v) is 10.1. The van der Waals surface area contributed by atoms with Crippen LogP contribution >= 0.6 is 23.2 Å². The SMILES string of the molecule is CC.C\C=C/C=C\C(=C/C)C(CCC)Nc1ccc2nc(Cl)nc(Cl)c2n1. The van der Waals surface area contributed by atoms with Gasteiger partial charge in [-0.3, -0.25) is 0 Å². The van der Waals surface area contributed by atoms with E-state index in [1.807, 2.05) is 58.1 Å². The molecule has 1 atom stereocenters. The number of aromatic nitrogens is 3. The highest BCUT2D eigenvalue weighted by Gasteiger charge is 2.13. The minimum absolute atomic E-state index is 0.120.